The van der Waals surface area contributed by atoms with Crippen molar-refractivity contribution >= 4 is 47.7 Å². The summed E-state index contributed by atoms with van der Waals surface area (Å²) in [6, 6.07) is 33.4. The molecule has 0 atom stereocenters. The van der Waals surface area contributed by atoms with Crippen molar-refractivity contribution in [1.29, 1.82) is 5.26 Å². The van der Waals surface area contributed by atoms with Gasteiger partial charge in [-0.15, -0.1) is 0 Å². The maximum absolute atomic E-state index is 13.2. The van der Waals surface area contributed by atoms with E-state index in [9.17, 15) is 24.4 Å². The zero-order valence-electron chi connectivity index (χ0n) is 47.9. The van der Waals surface area contributed by atoms with Crippen molar-refractivity contribution in [2.24, 2.45) is 9.98 Å². The molecule has 0 aliphatic carbocycles. The first kappa shape index (κ1) is 63.6. The molecule has 5 rings (SSSR count). The van der Waals surface area contributed by atoms with Gasteiger partial charge in [0.1, 0.15) is 11.6 Å². The Hall–Kier alpha value is -7.19. The number of nitrogens with zero attached hydrogens (tertiary/aromatic N) is 3. The second kappa shape index (κ2) is 39.2. The summed E-state index contributed by atoms with van der Waals surface area (Å²) in [5, 5.41) is 10.0. The number of nitriles is 1. The standard InChI is InChI=1S/C69H87N3O8/c1-3-5-7-9-11-13-15-17-19-21-23-25-27-29-50-77-66(73)57-42-46-61(47-43-57)71-53-55-34-38-59(39-35-55)68(75)79-64-32-31-33-65(63(64)52-70)80-69(76)60-40-36-56(37-41-60)54-72-62-48-44-58(45-49-62)67(74)78-51-30-28-26-24-22-20-18-16-14-12-10-8-6-4-2/h31-49,53-54H,3-30,50-51H2,1-2H3. The van der Waals surface area contributed by atoms with Gasteiger partial charge >= 0.3 is 23.9 Å². The third-order valence-electron chi connectivity index (χ3n) is 14.2. The summed E-state index contributed by atoms with van der Waals surface area (Å²) in [5.74, 6) is -2.23. The summed E-state index contributed by atoms with van der Waals surface area (Å²) in [6.07, 6.45) is 39.0. The van der Waals surface area contributed by atoms with E-state index in [1.54, 1.807) is 109 Å². The minimum Gasteiger partial charge on any atom is -0.462 e. The summed E-state index contributed by atoms with van der Waals surface area (Å²) in [4.78, 5) is 60.7. The molecule has 0 bridgehead atoms. The lowest BCUT2D eigenvalue weighted by Crippen LogP contribution is -2.12. The average Bonchev–Trinajstić information content (AvgIpc) is 3.49. The molecule has 5 aromatic rings. The van der Waals surface area contributed by atoms with Gasteiger partial charge in [0.25, 0.3) is 0 Å². The van der Waals surface area contributed by atoms with Gasteiger partial charge in [0.15, 0.2) is 11.5 Å². The van der Waals surface area contributed by atoms with E-state index in [0.717, 1.165) is 36.8 Å². The maximum Gasteiger partial charge on any atom is 0.343 e. The van der Waals surface area contributed by atoms with Gasteiger partial charge in [0, 0.05) is 12.4 Å². The Balaban J connectivity index is 0.964. The highest BCUT2D eigenvalue weighted by Gasteiger charge is 2.19. The van der Waals surface area contributed by atoms with Crippen LogP contribution in [0.1, 0.15) is 252 Å². The number of aliphatic imine (C=N–C) groups is 2. The summed E-state index contributed by atoms with van der Waals surface area (Å²) < 4.78 is 22.2. The third-order valence-corrected chi connectivity index (χ3v) is 14.2. The SMILES string of the molecule is CCCCCCCCCCCCCCCCOC(=O)c1ccc(N=Cc2ccc(C(=O)Oc3cccc(OC(=O)c4ccc(C=Nc5ccc(C(=O)OCCCCCCCCCCCCCCCC)cc5)cc4)c3C#N)cc2)cc1. The number of benzene rings is 5. The second-order valence-corrected chi connectivity index (χ2v) is 20.8. The second-order valence-electron chi connectivity index (χ2n) is 20.8. The van der Waals surface area contributed by atoms with Crippen LogP contribution in [0.25, 0.3) is 0 Å². The lowest BCUT2D eigenvalue weighted by atomic mass is 10.0. The van der Waals surface area contributed by atoms with E-state index >= 15 is 0 Å². The van der Waals surface area contributed by atoms with E-state index in [4.69, 9.17) is 18.9 Å². The first-order valence-corrected chi connectivity index (χ1v) is 30.1. The molecule has 426 valence electrons. The highest BCUT2D eigenvalue weighted by molar-refractivity contribution is 5.95. The van der Waals surface area contributed by atoms with Gasteiger partial charge < -0.3 is 18.9 Å². The Morgan fingerprint density at radius 2 is 0.650 bits per heavy atom. The Bertz CT molecular complexity index is 2500. The zero-order valence-corrected chi connectivity index (χ0v) is 47.9. The van der Waals surface area contributed by atoms with Gasteiger partial charge in [-0.1, -0.05) is 211 Å². The van der Waals surface area contributed by atoms with Gasteiger partial charge in [0.2, 0.25) is 0 Å². The quantitative estimate of drug-likeness (QED) is 0.0161. The molecule has 0 amide bonds. The van der Waals surface area contributed by atoms with E-state index in [2.05, 4.69) is 23.8 Å². The van der Waals surface area contributed by atoms with E-state index in [1.807, 2.05) is 6.07 Å². The van der Waals surface area contributed by atoms with Crippen molar-refractivity contribution in [2.75, 3.05) is 13.2 Å². The number of ether oxygens (including phenoxy) is 4. The molecule has 0 aromatic heterocycles. The molecule has 0 heterocycles. The van der Waals surface area contributed by atoms with Gasteiger partial charge in [0.05, 0.1) is 46.8 Å². The minimum atomic E-state index is -0.707. The number of rotatable bonds is 40. The third kappa shape index (κ3) is 25.3. The number of hydrogen-bond acceptors (Lipinski definition) is 11. The van der Waals surface area contributed by atoms with Crippen LogP contribution >= 0.6 is 0 Å². The molecule has 0 saturated heterocycles. The van der Waals surface area contributed by atoms with Crippen LogP contribution in [0.4, 0.5) is 11.4 Å². The molecule has 0 saturated carbocycles. The van der Waals surface area contributed by atoms with Crippen LogP contribution in [0, 0.1) is 11.3 Å². The lowest BCUT2D eigenvalue weighted by Gasteiger charge is -2.10. The van der Waals surface area contributed by atoms with Crippen LogP contribution in [0.15, 0.2) is 125 Å². The average molecular weight is 1090 g/mol. The summed E-state index contributed by atoms with van der Waals surface area (Å²) in [6.45, 7) is 5.35. The van der Waals surface area contributed by atoms with Gasteiger partial charge in [-0.3, -0.25) is 9.98 Å². The van der Waals surface area contributed by atoms with Crippen LogP contribution in [0.5, 0.6) is 11.5 Å². The Labute approximate surface area is 477 Å². The highest BCUT2D eigenvalue weighted by atomic mass is 16.6. The molecule has 0 N–H and O–H groups in total. The lowest BCUT2D eigenvalue weighted by molar-refractivity contribution is 0.0488. The summed E-state index contributed by atoms with van der Waals surface area (Å²) in [7, 11) is 0. The summed E-state index contributed by atoms with van der Waals surface area (Å²) >= 11 is 0. The first-order valence-electron chi connectivity index (χ1n) is 30.1. The van der Waals surface area contributed by atoms with Crippen molar-refractivity contribution in [3.63, 3.8) is 0 Å². The van der Waals surface area contributed by atoms with E-state index in [0.29, 0.717) is 35.7 Å². The summed E-state index contributed by atoms with van der Waals surface area (Å²) in [5.41, 5.74) is 4.03. The number of unbranched alkanes of at least 4 members (excludes halogenated alkanes) is 26. The predicted octanol–water partition coefficient (Wildman–Crippen LogP) is 18.8. The van der Waals surface area contributed by atoms with Crippen LogP contribution in [0.2, 0.25) is 0 Å². The fourth-order valence-electron chi connectivity index (χ4n) is 9.27. The zero-order chi connectivity index (χ0) is 56.7. The van der Waals surface area contributed by atoms with E-state index in [1.165, 1.54) is 172 Å². The van der Waals surface area contributed by atoms with Crippen LogP contribution in [-0.2, 0) is 9.47 Å². The molecule has 0 aliphatic rings. The molecule has 0 radical (unpaired) electrons. The number of hydrogen-bond donors (Lipinski definition) is 0. The molecule has 0 fully saturated rings. The van der Waals surface area contributed by atoms with Crippen LogP contribution < -0.4 is 9.47 Å². The van der Waals surface area contributed by atoms with Crippen molar-refractivity contribution in [2.45, 2.75) is 194 Å². The Kier molecular flexibility index (Phi) is 31.2. The highest BCUT2D eigenvalue weighted by Crippen LogP contribution is 2.30. The van der Waals surface area contributed by atoms with Crippen LogP contribution in [0.3, 0.4) is 0 Å². The Morgan fingerprint density at radius 3 is 0.950 bits per heavy atom. The molecule has 11 nitrogen and oxygen atoms in total. The monoisotopic (exact) mass is 1090 g/mol. The largest absolute Gasteiger partial charge is 0.462 e. The minimum absolute atomic E-state index is 0.0627. The van der Waals surface area contributed by atoms with Crippen LogP contribution in [-0.4, -0.2) is 49.5 Å². The number of esters is 4. The van der Waals surface area contributed by atoms with Crippen molar-refractivity contribution < 1.29 is 38.1 Å². The number of carbonyl (C=O) groups is 4. The molecule has 0 spiro atoms. The molecule has 0 unspecified atom stereocenters. The van der Waals surface area contributed by atoms with Gasteiger partial charge in [-0.05, 0) is 109 Å². The Morgan fingerprint density at radius 1 is 0.375 bits per heavy atom. The molecule has 5 aromatic carbocycles. The smallest absolute Gasteiger partial charge is 0.343 e. The fraction of sp³-hybridized carbons (Fsp3) is 0.464. The fourth-order valence-corrected chi connectivity index (χ4v) is 9.27. The van der Waals surface area contributed by atoms with Crippen molar-refractivity contribution in [1.82, 2.24) is 0 Å². The van der Waals surface area contributed by atoms with E-state index in [-0.39, 0.29) is 40.1 Å². The topological polar surface area (TPSA) is 154 Å². The predicted molar refractivity (Wildman–Crippen MR) is 323 cm³/mol. The first-order chi connectivity index (χ1) is 39.3. The van der Waals surface area contributed by atoms with Gasteiger partial charge in [-0.2, -0.15) is 5.26 Å². The molecular weight excluding hydrogens is 999 g/mol. The van der Waals surface area contributed by atoms with Crippen molar-refractivity contribution in [3.05, 3.63) is 154 Å². The molecule has 80 heavy (non-hydrogen) atoms. The normalized spacial score (nSPS) is 11.2. The molecular formula is C69H87N3O8. The van der Waals surface area contributed by atoms with Gasteiger partial charge in [-0.25, -0.2) is 19.2 Å². The van der Waals surface area contributed by atoms with Crippen molar-refractivity contribution in [3.8, 4) is 17.6 Å². The molecule has 11 heteroatoms. The molecule has 0 aliphatic heterocycles. The van der Waals surface area contributed by atoms with E-state index < -0.39 is 11.9 Å². The number of carbonyl (C=O) groups excluding carboxylic acids is 4. The maximum atomic E-state index is 13.2.